The Morgan fingerprint density at radius 2 is 1.94 bits per heavy atom. The van der Waals surface area contributed by atoms with Gasteiger partial charge in [0.05, 0.1) is 5.69 Å². The van der Waals surface area contributed by atoms with Crippen LogP contribution in [-0.2, 0) is 11.3 Å². The number of aromatic nitrogens is 3. The molecule has 2 heterocycles. The van der Waals surface area contributed by atoms with Crippen LogP contribution >= 0.6 is 15.9 Å². The second kappa shape index (κ2) is 8.65. The zero-order chi connectivity index (χ0) is 22.0. The Labute approximate surface area is 184 Å². The molecule has 9 heteroatoms. The zero-order valence-corrected chi connectivity index (χ0v) is 17.9. The number of carbonyl (C=O) groups is 1. The molecular weight excluding hydrogens is 467 g/mol. The summed E-state index contributed by atoms with van der Waals surface area (Å²) >= 11 is 3.16. The molecule has 2 aromatic carbocycles. The number of benzene rings is 2. The van der Waals surface area contributed by atoms with Crippen molar-refractivity contribution in [2.24, 2.45) is 0 Å². The third kappa shape index (κ3) is 4.46. The second-order valence-corrected chi connectivity index (χ2v) is 7.68. The molecule has 0 aliphatic carbocycles. The monoisotopic (exact) mass is 482 g/mol. The van der Waals surface area contributed by atoms with Gasteiger partial charge in [-0.25, -0.2) is 4.39 Å². The maximum atomic E-state index is 13.9. The highest BCUT2D eigenvalue weighted by Crippen LogP contribution is 2.23. The summed E-state index contributed by atoms with van der Waals surface area (Å²) in [7, 11) is 0. The van der Waals surface area contributed by atoms with E-state index < -0.39 is 17.3 Å². The van der Waals surface area contributed by atoms with Gasteiger partial charge in [0.2, 0.25) is 11.7 Å². The third-order valence-corrected chi connectivity index (χ3v) is 5.08. The Kier molecular flexibility index (Phi) is 5.77. The van der Waals surface area contributed by atoms with Crippen molar-refractivity contribution in [3.63, 3.8) is 0 Å². The molecule has 2 aromatic heterocycles. The molecule has 0 fully saturated rings. The molecule has 0 saturated carbocycles. The summed E-state index contributed by atoms with van der Waals surface area (Å²) in [4.78, 5) is 29.5. The van der Waals surface area contributed by atoms with Crippen molar-refractivity contribution >= 4 is 27.5 Å². The molecule has 156 valence electrons. The Balaban J connectivity index is 1.57. The molecule has 0 radical (unpaired) electrons. The molecule has 0 aliphatic heterocycles. The molecule has 1 N–H and O–H groups in total. The maximum Gasteiger partial charge on any atom is 0.263 e. The Hall–Kier alpha value is -3.59. The lowest BCUT2D eigenvalue weighted by atomic mass is 10.1. The number of rotatable bonds is 5. The Bertz CT molecular complexity index is 1330. The lowest BCUT2D eigenvalue weighted by Gasteiger charge is -2.09. The fraction of sp³-hybridized carbons (Fsp3) is 0.0909. The van der Waals surface area contributed by atoms with Crippen molar-refractivity contribution in [3.8, 4) is 22.8 Å². The topological polar surface area (TPSA) is 90.0 Å². The minimum atomic E-state index is -0.585. The van der Waals surface area contributed by atoms with E-state index in [9.17, 15) is 14.0 Å². The van der Waals surface area contributed by atoms with Crippen LogP contribution in [-0.4, -0.2) is 20.6 Å². The van der Waals surface area contributed by atoms with E-state index >= 15 is 0 Å². The van der Waals surface area contributed by atoms with E-state index in [-0.39, 0.29) is 23.7 Å². The van der Waals surface area contributed by atoms with Gasteiger partial charge in [0.1, 0.15) is 17.9 Å². The summed E-state index contributed by atoms with van der Waals surface area (Å²) in [6.45, 7) is 1.62. The van der Waals surface area contributed by atoms with E-state index in [1.54, 1.807) is 18.2 Å². The molecule has 0 atom stereocenters. The number of amides is 1. The van der Waals surface area contributed by atoms with Crippen LogP contribution in [0.25, 0.3) is 22.8 Å². The van der Waals surface area contributed by atoms with Crippen molar-refractivity contribution in [3.05, 3.63) is 87.0 Å². The molecule has 1 amide bonds. The standard InChI is InChI=1S/C22H16BrFN4O3/c1-13-5-2-3-6-15(13)20-26-21(31-27-20)16-7-4-10-28(22(16)30)12-19(29)25-18-9-8-14(23)11-17(18)24/h2-11H,12H2,1H3,(H,25,29). The molecule has 0 spiro atoms. The van der Waals surface area contributed by atoms with Crippen molar-refractivity contribution in [1.82, 2.24) is 14.7 Å². The van der Waals surface area contributed by atoms with Crippen molar-refractivity contribution in [2.75, 3.05) is 5.32 Å². The Morgan fingerprint density at radius 1 is 1.16 bits per heavy atom. The van der Waals surface area contributed by atoms with Gasteiger partial charge in [-0.15, -0.1) is 0 Å². The largest absolute Gasteiger partial charge is 0.333 e. The average Bonchev–Trinajstić information content (AvgIpc) is 3.22. The molecule has 0 bridgehead atoms. The minimum absolute atomic E-state index is 0.0252. The van der Waals surface area contributed by atoms with Gasteiger partial charge in [-0.3, -0.25) is 9.59 Å². The normalized spacial score (nSPS) is 10.8. The molecule has 0 aliphatic rings. The van der Waals surface area contributed by atoms with E-state index in [2.05, 4.69) is 31.4 Å². The second-order valence-electron chi connectivity index (χ2n) is 6.77. The molecule has 0 unspecified atom stereocenters. The number of nitrogens with zero attached hydrogens (tertiary/aromatic N) is 3. The van der Waals surface area contributed by atoms with Crippen molar-refractivity contribution in [2.45, 2.75) is 13.5 Å². The number of pyridine rings is 1. The number of nitrogens with one attached hydrogen (secondary N) is 1. The van der Waals surface area contributed by atoms with E-state index in [0.29, 0.717) is 10.3 Å². The molecular formula is C22H16BrFN4O3. The SMILES string of the molecule is Cc1ccccc1-c1noc(-c2cccn(CC(=O)Nc3ccc(Br)cc3F)c2=O)n1. The number of aryl methyl sites for hydroxylation is 1. The van der Waals surface area contributed by atoms with Gasteiger partial charge in [0, 0.05) is 16.2 Å². The number of anilines is 1. The fourth-order valence-electron chi connectivity index (χ4n) is 3.03. The van der Waals surface area contributed by atoms with Gasteiger partial charge in [-0.2, -0.15) is 4.98 Å². The van der Waals surface area contributed by atoms with Crippen LogP contribution < -0.4 is 10.9 Å². The summed E-state index contributed by atoms with van der Waals surface area (Å²) in [5, 5.41) is 6.43. The first-order chi connectivity index (χ1) is 14.9. The summed E-state index contributed by atoms with van der Waals surface area (Å²) < 4.78 is 21.0. The van der Waals surface area contributed by atoms with Gasteiger partial charge in [-0.1, -0.05) is 45.4 Å². The van der Waals surface area contributed by atoms with Crippen LogP contribution in [0.5, 0.6) is 0 Å². The van der Waals surface area contributed by atoms with Gasteiger partial charge in [-0.05, 0) is 42.8 Å². The third-order valence-electron chi connectivity index (χ3n) is 4.58. The van der Waals surface area contributed by atoms with Gasteiger partial charge < -0.3 is 14.4 Å². The lowest BCUT2D eigenvalue weighted by molar-refractivity contribution is -0.116. The molecule has 4 rings (SSSR count). The van der Waals surface area contributed by atoms with Crippen LogP contribution in [0.3, 0.4) is 0 Å². The van der Waals surface area contributed by atoms with Crippen molar-refractivity contribution in [1.29, 1.82) is 0 Å². The highest BCUT2D eigenvalue weighted by atomic mass is 79.9. The van der Waals surface area contributed by atoms with Gasteiger partial charge in [0.25, 0.3) is 11.4 Å². The van der Waals surface area contributed by atoms with Crippen LogP contribution in [0.1, 0.15) is 5.56 Å². The number of hydrogen-bond donors (Lipinski definition) is 1. The molecule has 4 aromatic rings. The molecule has 0 saturated heterocycles. The number of halogens is 2. The smallest absolute Gasteiger partial charge is 0.263 e. The maximum absolute atomic E-state index is 13.9. The highest BCUT2D eigenvalue weighted by Gasteiger charge is 2.17. The summed E-state index contributed by atoms with van der Waals surface area (Å²) in [6.07, 6.45) is 1.46. The number of carbonyl (C=O) groups excluding carboxylic acids is 1. The first-order valence-electron chi connectivity index (χ1n) is 9.27. The lowest BCUT2D eigenvalue weighted by Crippen LogP contribution is -2.28. The summed E-state index contributed by atoms with van der Waals surface area (Å²) in [6, 6.07) is 15.0. The van der Waals surface area contributed by atoms with E-state index in [1.165, 1.54) is 22.9 Å². The van der Waals surface area contributed by atoms with Crippen molar-refractivity contribution < 1.29 is 13.7 Å². The first kappa shape index (κ1) is 20.7. The highest BCUT2D eigenvalue weighted by molar-refractivity contribution is 9.10. The average molecular weight is 483 g/mol. The fourth-order valence-corrected chi connectivity index (χ4v) is 3.36. The first-order valence-corrected chi connectivity index (χ1v) is 10.1. The van der Waals surface area contributed by atoms with Crippen LogP contribution in [0.15, 0.2) is 74.6 Å². The Morgan fingerprint density at radius 3 is 2.71 bits per heavy atom. The minimum Gasteiger partial charge on any atom is -0.333 e. The zero-order valence-electron chi connectivity index (χ0n) is 16.3. The predicted octanol–water partition coefficient (Wildman–Crippen LogP) is 4.41. The van der Waals surface area contributed by atoms with Crippen LogP contribution in [0.4, 0.5) is 10.1 Å². The van der Waals surface area contributed by atoms with Crippen LogP contribution in [0.2, 0.25) is 0 Å². The summed E-state index contributed by atoms with van der Waals surface area (Å²) in [5.74, 6) is -0.714. The van der Waals surface area contributed by atoms with E-state index in [1.807, 2.05) is 31.2 Å². The van der Waals surface area contributed by atoms with E-state index in [0.717, 1.165) is 11.1 Å². The molecule has 7 nitrogen and oxygen atoms in total. The van der Waals surface area contributed by atoms with E-state index in [4.69, 9.17) is 4.52 Å². The predicted molar refractivity (Wildman–Crippen MR) is 117 cm³/mol. The van der Waals surface area contributed by atoms with Gasteiger partial charge in [0.15, 0.2) is 0 Å². The quantitative estimate of drug-likeness (QED) is 0.454. The number of hydrogen-bond acceptors (Lipinski definition) is 5. The van der Waals surface area contributed by atoms with Crippen LogP contribution in [0, 0.1) is 12.7 Å². The van der Waals surface area contributed by atoms with Gasteiger partial charge >= 0.3 is 0 Å². The summed E-state index contributed by atoms with van der Waals surface area (Å²) in [5.41, 5.74) is 1.48. The molecule has 31 heavy (non-hydrogen) atoms.